The molecule has 1 heterocycles. The summed E-state index contributed by atoms with van der Waals surface area (Å²) in [5.74, 6) is -0.295. The minimum atomic E-state index is -0.290. The van der Waals surface area contributed by atoms with Crippen LogP contribution >= 0.6 is 0 Å². The van der Waals surface area contributed by atoms with Gasteiger partial charge in [0.1, 0.15) is 0 Å². The Bertz CT molecular complexity index is 831. The highest BCUT2D eigenvalue weighted by Crippen LogP contribution is 2.30. The number of carbonyl (C=O) groups excluding carboxylic acids is 2. The third kappa shape index (κ3) is 3.24. The second-order valence-corrected chi connectivity index (χ2v) is 7.36. The summed E-state index contributed by atoms with van der Waals surface area (Å²) in [6.07, 6.45) is 3.69. The van der Waals surface area contributed by atoms with Gasteiger partial charge >= 0.3 is 0 Å². The molecule has 26 heavy (non-hydrogen) atoms. The van der Waals surface area contributed by atoms with Gasteiger partial charge in [0.25, 0.3) is 0 Å². The highest BCUT2D eigenvalue weighted by atomic mass is 16.2. The molecule has 0 bridgehead atoms. The van der Waals surface area contributed by atoms with Crippen LogP contribution in [0.2, 0.25) is 0 Å². The number of likely N-dealkylation sites (tertiary alicyclic amines) is 1. The van der Waals surface area contributed by atoms with Crippen LogP contribution in [-0.2, 0) is 22.4 Å². The Hall–Kier alpha value is -2.62. The zero-order chi connectivity index (χ0) is 18.1. The van der Waals surface area contributed by atoms with Gasteiger partial charge in [-0.2, -0.15) is 0 Å². The van der Waals surface area contributed by atoms with Crippen LogP contribution in [0, 0.1) is 5.92 Å². The van der Waals surface area contributed by atoms with Crippen molar-refractivity contribution < 1.29 is 9.59 Å². The molecule has 4 nitrogen and oxygen atoms in total. The third-order valence-electron chi connectivity index (χ3n) is 5.64. The van der Waals surface area contributed by atoms with Crippen molar-refractivity contribution in [2.75, 3.05) is 11.9 Å². The Morgan fingerprint density at radius 2 is 1.88 bits per heavy atom. The van der Waals surface area contributed by atoms with E-state index in [4.69, 9.17) is 0 Å². The van der Waals surface area contributed by atoms with Crippen LogP contribution in [0.5, 0.6) is 0 Å². The number of nitrogens with one attached hydrogen (secondary N) is 1. The number of rotatable bonds is 4. The number of hydrogen-bond acceptors (Lipinski definition) is 2. The molecule has 134 valence electrons. The second kappa shape index (κ2) is 6.94. The molecule has 2 amide bonds. The summed E-state index contributed by atoms with van der Waals surface area (Å²) in [7, 11) is 0. The largest absolute Gasteiger partial charge is 0.335 e. The molecule has 0 saturated carbocycles. The predicted octanol–water partition coefficient (Wildman–Crippen LogP) is 3.72. The number of aryl methyl sites for hydroxylation is 2. The van der Waals surface area contributed by atoms with Crippen molar-refractivity contribution in [2.45, 2.75) is 38.6 Å². The van der Waals surface area contributed by atoms with E-state index < -0.39 is 0 Å². The van der Waals surface area contributed by atoms with Crippen molar-refractivity contribution in [2.24, 2.45) is 5.92 Å². The highest BCUT2D eigenvalue weighted by Gasteiger charge is 2.37. The van der Waals surface area contributed by atoms with Crippen LogP contribution in [0.3, 0.4) is 0 Å². The van der Waals surface area contributed by atoms with Gasteiger partial charge in [0, 0.05) is 18.7 Å². The number of carbonyl (C=O) groups is 2. The van der Waals surface area contributed by atoms with Gasteiger partial charge < -0.3 is 10.2 Å². The van der Waals surface area contributed by atoms with E-state index in [1.807, 2.05) is 48.2 Å². The second-order valence-electron chi connectivity index (χ2n) is 7.36. The quantitative estimate of drug-likeness (QED) is 0.915. The summed E-state index contributed by atoms with van der Waals surface area (Å²) in [5.41, 5.74) is 4.67. The molecule has 2 atom stereocenters. The Morgan fingerprint density at radius 3 is 2.69 bits per heavy atom. The lowest BCUT2D eigenvalue weighted by atomic mass is 10.1. The molecule has 0 aromatic heterocycles. The van der Waals surface area contributed by atoms with Crippen molar-refractivity contribution in [1.82, 2.24) is 4.90 Å². The van der Waals surface area contributed by atoms with Crippen LogP contribution in [0.1, 0.15) is 42.5 Å². The van der Waals surface area contributed by atoms with Gasteiger partial charge in [0.05, 0.1) is 12.0 Å². The summed E-state index contributed by atoms with van der Waals surface area (Å²) in [4.78, 5) is 27.0. The molecule has 1 fully saturated rings. The predicted molar refractivity (Wildman–Crippen MR) is 102 cm³/mol. The molecule has 2 aromatic rings. The fourth-order valence-electron chi connectivity index (χ4n) is 4.09. The summed E-state index contributed by atoms with van der Waals surface area (Å²) >= 11 is 0. The van der Waals surface area contributed by atoms with Gasteiger partial charge in [-0.15, -0.1) is 0 Å². The molecular weight excluding hydrogens is 324 g/mol. The molecule has 4 heteroatoms. The Balaban J connectivity index is 1.42. The molecule has 1 saturated heterocycles. The number of anilines is 1. The van der Waals surface area contributed by atoms with Gasteiger partial charge in [-0.1, -0.05) is 36.4 Å². The normalized spacial score (nSPS) is 20.1. The van der Waals surface area contributed by atoms with Crippen molar-refractivity contribution in [3.63, 3.8) is 0 Å². The Morgan fingerprint density at radius 1 is 1.12 bits per heavy atom. The average molecular weight is 348 g/mol. The van der Waals surface area contributed by atoms with Gasteiger partial charge in [-0.25, -0.2) is 0 Å². The highest BCUT2D eigenvalue weighted by molar-refractivity contribution is 5.97. The molecule has 1 aliphatic heterocycles. The molecule has 4 rings (SSSR count). The van der Waals surface area contributed by atoms with E-state index in [0.717, 1.165) is 24.1 Å². The van der Waals surface area contributed by atoms with E-state index in [1.54, 1.807) is 0 Å². The van der Waals surface area contributed by atoms with Crippen LogP contribution < -0.4 is 5.32 Å². The molecule has 2 aliphatic rings. The maximum Gasteiger partial charge on any atom is 0.229 e. The van der Waals surface area contributed by atoms with Crippen LogP contribution in [0.25, 0.3) is 0 Å². The van der Waals surface area contributed by atoms with E-state index in [1.165, 1.54) is 17.5 Å². The van der Waals surface area contributed by atoms with Crippen molar-refractivity contribution in [1.29, 1.82) is 0 Å². The average Bonchev–Trinajstić information content (AvgIpc) is 3.28. The van der Waals surface area contributed by atoms with Gasteiger partial charge in [-0.3, -0.25) is 9.59 Å². The van der Waals surface area contributed by atoms with Gasteiger partial charge in [0.15, 0.2) is 0 Å². The summed E-state index contributed by atoms with van der Waals surface area (Å²) < 4.78 is 0. The zero-order valence-electron chi connectivity index (χ0n) is 15.1. The minimum absolute atomic E-state index is 0.0125. The molecule has 0 spiro atoms. The molecule has 2 unspecified atom stereocenters. The maximum absolute atomic E-state index is 12.7. The lowest BCUT2D eigenvalue weighted by Crippen LogP contribution is -2.30. The molecule has 2 aromatic carbocycles. The van der Waals surface area contributed by atoms with E-state index in [0.29, 0.717) is 6.54 Å². The SMILES string of the molecule is CC(c1ccccc1)N1CC(C(=O)Nc2ccc3c(c2)CCC3)CC1=O. The first-order valence-electron chi connectivity index (χ1n) is 9.39. The topological polar surface area (TPSA) is 49.4 Å². The fourth-order valence-corrected chi connectivity index (χ4v) is 4.09. The number of fused-ring (bicyclic) bond motifs is 1. The van der Waals surface area contributed by atoms with Gasteiger partial charge in [0.2, 0.25) is 11.8 Å². The number of benzene rings is 2. The monoisotopic (exact) mass is 348 g/mol. The number of nitrogens with zero attached hydrogens (tertiary/aromatic N) is 1. The first kappa shape index (κ1) is 16.8. The Labute approximate surface area is 154 Å². The number of amides is 2. The zero-order valence-corrected chi connectivity index (χ0v) is 15.1. The summed E-state index contributed by atoms with van der Waals surface area (Å²) in [5, 5.41) is 3.02. The van der Waals surface area contributed by atoms with Gasteiger partial charge in [-0.05, 0) is 55.0 Å². The van der Waals surface area contributed by atoms with E-state index in [-0.39, 0.29) is 30.2 Å². The summed E-state index contributed by atoms with van der Waals surface area (Å²) in [6, 6.07) is 16.1. The smallest absolute Gasteiger partial charge is 0.229 e. The molecular formula is C22H24N2O2. The first-order chi connectivity index (χ1) is 12.6. The van der Waals surface area contributed by atoms with Crippen molar-refractivity contribution in [3.05, 3.63) is 65.2 Å². The number of hydrogen-bond donors (Lipinski definition) is 1. The third-order valence-corrected chi connectivity index (χ3v) is 5.64. The van der Waals surface area contributed by atoms with E-state index in [9.17, 15) is 9.59 Å². The molecule has 1 aliphatic carbocycles. The maximum atomic E-state index is 12.7. The van der Waals surface area contributed by atoms with E-state index >= 15 is 0 Å². The molecule has 0 radical (unpaired) electrons. The lowest BCUT2D eigenvalue weighted by molar-refractivity contribution is -0.129. The molecule has 1 N–H and O–H groups in total. The summed E-state index contributed by atoms with van der Waals surface area (Å²) in [6.45, 7) is 2.50. The van der Waals surface area contributed by atoms with Crippen molar-refractivity contribution >= 4 is 17.5 Å². The van der Waals surface area contributed by atoms with Crippen LogP contribution in [-0.4, -0.2) is 23.3 Å². The van der Waals surface area contributed by atoms with E-state index in [2.05, 4.69) is 17.4 Å². The van der Waals surface area contributed by atoms with Crippen molar-refractivity contribution in [3.8, 4) is 0 Å². The first-order valence-corrected chi connectivity index (χ1v) is 9.39. The minimum Gasteiger partial charge on any atom is -0.335 e. The van der Waals surface area contributed by atoms with Crippen LogP contribution in [0.15, 0.2) is 48.5 Å². The fraction of sp³-hybridized carbons (Fsp3) is 0.364. The lowest BCUT2D eigenvalue weighted by Gasteiger charge is -2.25. The Kier molecular flexibility index (Phi) is 4.49. The van der Waals surface area contributed by atoms with Crippen LogP contribution in [0.4, 0.5) is 5.69 Å². The standard InChI is InChI=1S/C22H24N2O2/c1-15(16-6-3-2-4-7-16)24-14-19(13-21(24)25)22(26)23-20-11-10-17-8-5-9-18(17)12-20/h2-4,6-7,10-12,15,19H,5,8-9,13-14H2,1H3,(H,23,26).